The summed E-state index contributed by atoms with van der Waals surface area (Å²) in [6.45, 7) is 1.10. The molecule has 5 nitrogen and oxygen atoms in total. The van der Waals surface area contributed by atoms with Gasteiger partial charge in [0.05, 0.1) is 12.2 Å². The molecule has 0 atom stereocenters. The number of carbonyl (C=O) groups excluding carboxylic acids is 1. The summed E-state index contributed by atoms with van der Waals surface area (Å²) in [5.41, 5.74) is 1.16. The van der Waals surface area contributed by atoms with Crippen molar-refractivity contribution in [3.63, 3.8) is 0 Å². The van der Waals surface area contributed by atoms with Crippen molar-refractivity contribution in [1.29, 1.82) is 0 Å². The van der Waals surface area contributed by atoms with Gasteiger partial charge in [-0.3, -0.25) is 10.1 Å². The molecule has 0 aliphatic carbocycles. The largest absolute Gasteiger partial charge is 0.490 e. The number of carbonyl (C=O) groups is 1. The first-order chi connectivity index (χ1) is 12.9. The fourth-order valence-electron chi connectivity index (χ4n) is 2.10. The number of rotatable bonds is 7. The van der Waals surface area contributed by atoms with Crippen LogP contribution in [0.5, 0.6) is 5.75 Å². The van der Waals surface area contributed by atoms with Gasteiger partial charge in [-0.2, -0.15) is 0 Å². The zero-order chi connectivity index (χ0) is 19.8. The monoisotopic (exact) mass is 490 g/mol. The molecule has 0 fully saturated rings. The quantitative estimate of drug-likeness (QED) is 0.438. The van der Waals surface area contributed by atoms with Crippen molar-refractivity contribution in [3.05, 3.63) is 62.0 Å². The van der Waals surface area contributed by atoms with E-state index in [1.165, 1.54) is 0 Å². The number of ether oxygens (including phenoxy) is 2. The lowest BCUT2D eigenvalue weighted by Gasteiger charge is -2.14. The number of halogens is 3. The average molecular weight is 492 g/mol. The number of hydrogen-bond acceptors (Lipinski definition) is 4. The van der Waals surface area contributed by atoms with Crippen LogP contribution in [-0.4, -0.2) is 31.3 Å². The van der Waals surface area contributed by atoms with Crippen molar-refractivity contribution >= 4 is 62.4 Å². The summed E-state index contributed by atoms with van der Waals surface area (Å²) in [6, 6.07) is 10.3. The highest BCUT2D eigenvalue weighted by atomic mass is 79.9. The number of nitrogens with one attached hydrogen (secondary N) is 2. The van der Waals surface area contributed by atoms with Gasteiger partial charge in [0, 0.05) is 28.2 Å². The van der Waals surface area contributed by atoms with Crippen LogP contribution in [0.25, 0.3) is 0 Å². The molecule has 0 aliphatic rings. The summed E-state index contributed by atoms with van der Waals surface area (Å²) in [5.74, 6) is 0.0553. The molecule has 0 radical (unpaired) electrons. The van der Waals surface area contributed by atoms with Gasteiger partial charge in [-0.25, -0.2) is 0 Å². The van der Waals surface area contributed by atoms with Crippen LogP contribution in [0.4, 0.5) is 0 Å². The predicted molar refractivity (Wildman–Crippen MR) is 115 cm³/mol. The lowest BCUT2D eigenvalue weighted by atomic mass is 10.2. The molecule has 2 aromatic carbocycles. The van der Waals surface area contributed by atoms with Crippen molar-refractivity contribution in [2.24, 2.45) is 0 Å². The van der Waals surface area contributed by atoms with E-state index in [1.807, 2.05) is 0 Å². The second-order valence-corrected chi connectivity index (χ2v) is 7.52. The maximum Gasteiger partial charge on any atom is 0.261 e. The second kappa shape index (κ2) is 10.8. The number of benzene rings is 2. The first-order valence-corrected chi connectivity index (χ1v) is 9.81. The Morgan fingerprint density at radius 3 is 2.67 bits per heavy atom. The van der Waals surface area contributed by atoms with Crippen LogP contribution in [0.3, 0.4) is 0 Å². The maximum absolute atomic E-state index is 12.6. The zero-order valence-corrected chi connectivity index (χ0v) is 18.3. The molecule has 0 saturated heterocycles. The minimum Gasteiger partial charge on any atom is -0.490 e. The average Bonchev–Trinajstić information content (AvgIpc) is 2.62. The van der Waals surface area contributed by atoms with Gasteiger partial charge in [0.15, 0.2) is 5.11 Å². The first-order valence-electron chi connectivity index (χ1n) is 7.85. The van der Waals surface area contributed by atoms with E-state index < -0.39 is 0 Å². The molecular weight excluding hydrogens is 475 g/mol. The minimum atomic E-state index is -0.386. The molecule has 1 amide bonds. The van der Waals surface area contributed by atoms with E-state index in [0.717, 1.165) is 10.0 Å². The molecule has 2 N–H and O–H groups in total. The van der Waals surface area contributed by atoms with Crippen LogP contribution in [0.15, 0.2) is 40.9 Å². The maximum atomic E-state index is 12.6. The predicted octanol–water partition coefficient (Wildman–Crippen LogP) is 4.59. The highest BCUT2D eigenvalue weighted by Gasteiger charge is 2.15. The smallest absolute Gasteiger partial charge is 0.261 e. The van der Waals surface area contributed by atoms with Crippen LogP contribution >= 0.6 is 51.3 Å². The Hall–Kier alpha value is -1.38. The summed E-state index contributed by atoms with van der Waals surface area (Å²) < 4.78 is 11.3. The van der Waals surface area contributed by atoms with E-state index in [2.05, 4.69) is 26.6 Å². The molecule has 0 heterocycles. The SMILES string of the molecule is COCCOc1ccc(Br)cc1C(=O)NC(=S)NCc1ccc(Cl)cc1Cl. The molecular formula is C18H17BrCl2N2O3S. The first kappa shape index (κ1) is 21.9. The molecule has 0 aliphatic heterocycles. The van der Waals surface area contributed by atoms with E-state index in [-0.39, 0.29) is 11.0 Å². The fraction of sp³-hybridized carbons (Fsp3) is 0.222. The van der Waals surface area contributed by atoms with Crippen LogP contribution < -0.4 is 15.4 Å². The Labute approximate surface area is 181 Å². The Morgan fingerprint density at radius 1 is 1.19 bits per heavy atom. The van der Waals surface area contributed by atoms with Gasteiger partial charge >= 0.3 is 0 Å². The summed E-state index contributed by atoms with van der Waals surface area (Å²) in [7, 11) is 1.58. The molecule has 2 rings (SSSR count). The third-order valence-corrected chi connectivity index (χ3v) is 4.74. The van der Waals surface area contributed by atoms with Gasteiger partial charge in [0.2, 0.25) is 0 Å². The molecule has 0 bridgehead atoms. The third kappa shape index (κ3) is 6.93. The van der Waals surface area contributed by atoms with E-state index in [4.69, 9.17) is 44.9 Å². The molecule has 2 aromatic rings. The van der Waals surface area contributed by atoms with E-state index in [9.17, 15) is 4.79 Å². The van der Waals surface area contributed by atoms with Crippen molar-refractivity contribution in [2.45, 2.75) is 6.54 Å². The van der Waals surface area contributed by atoms with E-state index in [0.29, 0.717) is 41.1 Å². The van der Waals surface area contributed by atoms with E-state index >= 15 is 0 Å². The molecule has 0 aromatic heterocycles. The number of thiocarbonyl (C=S) groups is 1. The van der Waals surface area contributed by atoms with E-state index in [1.54, 1.807) is 43.5 Å². The van der Waals surface area contributed by atoms with Gasteiger partial charge in [-0.1, -0.05) is 45.2 Å². The van der Waals surface area contributed by atoms with Gasteiger partial charge in [0.1, 0.15) is 12.4 Å². The fourth-order valence-corrected chi connectivity index (χ4v) is 3.10. The van der Waals surface area contributed by atoms with Crippen LogP contribution in [-0.2, 0) is 11.3 Å². The number of amides is 1. The van der Waals surface area contributed by atoms with Crippen LogP contribution in [0.1, 0.15) is 15.9 Å². The summed E-state index contributed by atoms with van der Waals surface area (Å²) in [5, 5.41) is 6.83. The van der Waals surface area contributed by atoms with Gasteiger partial charge in [-0.15, -0.1) is 0 Å². The Bertz CT molecular complexity index is 836. The lowest BCUT2D eigenvalue weighted by molar-refractivity contribution is 0.0968. The molecule has 27 heavy (non-hydrogen) atoms. The molecule has 0 unspecified atom stereocenters. The molecule has 0 saturated carbocycles. The van der Waals surface area contributed by atoms with Crippen molar-refractivity contribution in [1.82, 2.24) is 10.6 Å². The highest BCUT2D eigenvalue weighted by molar-refractivity contribution is 9.10. The van der Waals surface area contributed by atoms with Crippen molar-refractivity contribution in [2.75, 3.05) is 20.3 Å². The third-order valence-electron chi connectivity index (χ3n) is 3.41. The summed E-state index contributed by atoms with van der Waals surface area (Å²) >= 11 is 20.6. The highest BCUT2D eigenvalue weighted by Crippen LogP contribution is 2.23. The van der Waals surface area contributed by atoms with Crippen LogP contribution in [0, 0.1) is 0 Å². The Morgan fingerprint density at radius 2 is 1.96 bits per heavy atom. The standard InChI is InChI=1S/C18H17BrCl2N2O3S/c1-25-6-7-26-16-5-3-12(19)8-14(16)17(24)23-18(27)22-10-11-2-4-13(20)9-15(11)21/h2-5,8-9H,6-7,10H2,1H3,(H2,22,23,24,27). The number of hydrogen-bond donors (Lipinski definition) is 2. The Balaban J connectivity index is 1.99. The Kier molecular flexibility index (Phi) is 8.79. The van der Waals surface area contributed by atoms with Gasteiger partial charge in [0.25, 0.3) is 5.91 Å². The molecule has 144 valence electrons. The molecule has 9 heteroatoms. The summed E-state index contributed by atoms with van der Waals surface area (Å²) in [6.07, 6.45) is 0. The zero-order valence-electron chi connectivity index (χ0n) is 14.4. The van der Waals surface area contributed by atoms with Gasteiger partial charge in [-0.05, 0) is 48.1 Å². The topological polar surface area (TPSA) is 59.6 Å². The number of methoxy groups -OCH3 is 1. The normalized spacial score (nSPS) is 10.4. The lowest BCUT2D eigenvalue weighted by Crippen LogP contribution is -2.39. The second-order valence-electron chi connectivity index (χ2n) is 5.35. The minimum absolute atomic E-state index is 0.175. The van der Waals surface area contributed by atoms with Crippen molar-refractivity contribution < 1.29 is 14.3 Å². The molecule has 0 spiro atoms. The summed E-state index contributed by atoms with van der Waals surface area (Å²) in [4.78, 5) is 12.6. The van der Waals surface area contributed by atoms with Crippen LogP contribution in [0.2, 0.25) is 10.0 Å². The van der Waals surface area contributed by atoms with Crippen molar-refractivity contribution in [3.8, 4) is 5.75 Å². The van der Waals surface area contributed by atoms with Gasteiger partial charge < -0.3 is 14.8 Å².